The summed E-state index contributed by atoms with van der Waals surface area (Å²) in [5, 5.41) is 22.6. The Morgan fingerprint density at radius 2 is 2.40 bits per heavy atom. The van der Waals surface area contributed by atoms with Crippen molar-refractivity contribution in [1.29, 1.82) is 0 Å². The number of nitrogens with zero attached hydrogens (tertiary/aromatic N) is 4. The van der Waals surface area contributed by atoms with Gasteiger partial charge in [0.25, 0.3) is 0 Å². The lowest BCUT2D eigenvalue weighted by atomic mass is 10.3. The van der Waals surface area contributed by atoms with Gasteiger partial charge in [0.2, 0.25) is 0 Å². The van der Waals surface area contributed by atoms with Gasteiger partial charge in [0.1, 0.15) is 6.04 Å². The Kier molecular flexibility index (Phi) is 4.17. The van der Waals surface area contributed by atoms with Crippen molar-refractivity contribution < 1.29 is 9.90 Å². The van der Waals surface area contributed by atoms with E-state index in [2.05, 4.69) is 20.8 Å². The maximum atomic E-state index is 10.5. The quantitative estimate of drug-likeness (QED) is 0.670. The van der Waals surface area contributed by atoms with Crippen LogP contribution in [0.2, 0.25) is 0 Å². The van der Waals surface area contributed by atoms with Crippen molar-refractivity contribution in [3.05, 3.63) is 5.82 Å². The molecule has 1 atom stereocenters. The first-order chi connectivity index (χ1) is 7.15. The fourth-order valence-electron chi connectivity index (χ4n) is 1.07. The van der Waals surface area contributed by atoms with E-state index in [1.165, 1.54) is 0 Å². The molecule has 0 radical (unpaired) electrons. The Morgan fingerprint density at radius 3 is 3.00 bits per heavy atom. The van der Waals surface area contributed by atoms with Gasteiger partial charge >= 0.3 is 5.97 Å². The van der Waals surface area contributed by atoms with Crippen LogP contribution in [0, 0.1) is 0 Å². The van der Waals surface area contributed by atoms with Gasteiger partial charge in [-0.1, -0.05) is 6.92 Å². The molecule has 84 valence electrons. The minimum atomic E-state index is -0.885. The Morgan fingerprint density at radius 1 is 1.67 bits per heavy atom. The van der Waals surface area contributed by atoms with Gasteiger partial charge in [-0.15, -0.1) is 5.10 Å². The fourth-order valence-corrected chi connectivity index (χ4v) is 1.07. The smallest absolute Gasteiger partial charge is 0.320 e. The standard InChI is InChI=1S/C8H15N5O2/c1-3-4-13-7(10-11-12-13)5-9-6(2)8(14)15/h6,9H,3-5H2,1-2H3,(H,14,15)/t6-/m0/s1. The molecule has 0 aromatic carbocycles. The van der Waals surface area contributed by atoms with Gasteiger partial charge in [-0.2, -0.15) is 0 Å². The third-order valence-corrected chi connectivity index (χ3v) is 1.98. The monoisotopic (exact) mass is 213 g/mol. The van der Waals surface area contributed by atoms with Gasteiger partial charge in [-0.3, -0.25) is 10.1 Å². The van der Waals surface area contributed by atoms with E-state index in [-0.39, 0.29) is 0 Å². The van der Waals surface area contributed by atoms with Crippen LogP contribution >= 0.6 is 0 Å². The second kappa shape index (κ2) is 5.40. The van der Waals surface area contributed by atoms with E-state index in [4.69, 9.17) is 5.11 Å². The third-order valence-electron chi connectivity index (χ3n) is 1.98. The van der Waals surface area contributed by atoms with Crippen LogP contribution in [0.1, 0.15) is 26.1 Å². The van der Waals surface area contributed by atoms with Crippen LogP contribution in [-0.4, -0.2) is 37.3 Å². The zero-order chi connectivity index (χ0) is 11.3. The first-order valence-corrected chi connectivity index (χ1v) is 4.86. The van der Waals surface area contributed by atoms with Crippen LogP contribution in [0.5, 0.6) is 0 Å². The van der Waals surface area contributed by atoms with E-state index in [9.17, 15) is 4.79 Å². The second-order valence-corrected chi connectivity index (χ2v) is 3.26. The topological polar surface area (TPSA) is 92.9 Å². The number of carboxylic acids is 1. The van der Waals surface area contributed by atoms with E-state index >= 15 is 0 Å². The Hall–Kier alpha value is -1.50. The van der Waals surface area contributed by atoms with Gasteiger partial charge in [0.05, 0.1) is 6.54 Å². The highest BCUT2D eigenvalue weighted by Crippen LogP contribution is 1.94. The number of aliphatic carboxylic acids is 1. The highest BCUT2D eigenvalue weighted by Gasteiger charge is 2.12. The molecule has 0 aliphatic carbocycles. The SMILES string of the molecule is CCCn1nnnc1CN[C@@H](C)C(=O)O. The van der Waals surface area contributed by atoms with Crippen molar-refractivity contribution in [2.24, 2.45) is 0 Å². The summed E-state index contributed by atoms with van der Waals surface area (Å²) in [5.41, 5.74) is 0. The molecule has 1 heterocycles. The predicted molar refractivity (Wildman–Crippen MR) is 52.0 cm³/mol. The van der Waals surface area contributed by atoms with Gasteiger partial charge < -0.3 is 5.11 Å². The van der Waals surface area contributed by atoms with E-state index < -0.39 is 12.0 Å². The zero-order valence-corrected chi connectivity index (χ0v) is 8.84. The molecule has 0 spiro atoms. The molecule has 1 aromatic rings. The van der Waals surface area contributed by atoms with Crippen molar-refractivity contribution in [3.8, 4) is 0 Å². The molecule has 15 heavy (non-hydrogen) atoms. The summed E-state index contributed by atoms with van der Waals surface area (Å²) in [6.07, 6.45) is 0.937. The number of nitrogens with one attached hydrogen (secondary N) is 1. The number of aromatic nitrogens is 4. The number of tetrazole rings is 1. The van der Waals surface area contributed by atoms with E-state index in [0.29, 0.717) is 12.4 Å². The minimum absolute atomic E-state index is 0.362. The molecule has 1 aromatic heterocycles. The van der Waals surface area contributed by atoms with Gasteiger partial charge in [0.15, 0.2) is 5.82 Å². The highest BCUT2D eigenvalue weighted by molar-refractivity contribution is 5.72. The van der Waals surface area contributed by atoms with Crippen molar-refractivity contribution in [2.45, 2.75) is 39.4 Å². The van der Waals surface area contributed by atoms with Gasteiger partial charge in [-0.05, 0) is 23.8 Å². The first-order valence-electron chi connectivity index (χ1n) is 4.86. The number of hydrogen-bond donors (Lipinski definition) is 2. The van der Waals surface area contributed by atoms with Crippen molar-refractivity contribution in [1.82, 2.24) is 25.5 Å². The van der Waals surface area contributed by atoms with Crippen LogP contribution in [0.15, 0.2) is 0 Å². The van der Waals surface area contributed by atoms with Crippen molar-refractivity contribution in [2.75, 3.05) is 0 Å². The summed E-state index contributed by atoms with van der Waals surface area (Å²) in [4.78, 5) is 10.5. The zero-order valence-electron chi connectivity index (χ0n) is 8.84. The van der Waals surface area contributed by atoms with Crippen molar-refractivity contribution in [3.63, 3.8) is 0 Å². The van der Waals surface area contributed by atoms with Crippen LogP contribution in [0.3, 0.4) is 0 Å². The lowest BCUT2D eigenvalue weighted by Gasteiger charge is -2.08. The summed E-state index contributed by atoms with van der Waals surface area (Å²) >= 11 is 0. The average Bonchev–Trinajstić information content (AvgIpc) is 2.62. The highest BCUT2D eigenvalue weighted by atomic mass is 16.4. The molecule has 0 saturated heterocycles. The molecule has 0 bridgehead atoms. The summed E-state index contributed by atoms with van der Waals surface area (Å²) in [7, 11) is 0. The molecular formula is C8H15N5O2. The number of carbonyl (C=O) groups is 1. The van der Waals surface area contributed by atoms with Crippen molar-refractivity contribution >= 4 is 5.97 Å². The average molecular weight is 213 g/mol. The number of hydrogen-bond acceptors (Lipinski definition) is 5. The summed E-state index contributed by atoms with van der Waals surface area (Å²) < 4.78 is 1.67. The van der Waals surface area contributed by atoms with E-state index in [0.717, 1.165) is 13.0 Å². The predicted octanol–water partition coefficient (Wildman–Crippen LogP) is -0.354. The van der Waals surface area contributed by atoms with Gasteiger partial charge in [-0.25, -0.2) is 4.68 Å². The Bertz CT molecular complexity index is 325. The lowest BCUT2D eigenvalue weighted by Crippen LogP contribution is -2.34. The van der Waals surface area contributed by atoms with E-state index in [1.54, 1.807) is 11.6 Å². The molecule has 2 N–H and O–H groups in total. The van der Waals surface area contributed by atoms with Gasteiger partial charge in [0, 0.05) is 6.54 Å². The second-order valence-electron chi connectivity index (χ2n) is 3.26. The molecule has 7 heteroatoms. The third kappa shape index (κ3) is 3.28. The van der Waals surface area contributed by atoms with Crippen LogP contribution in [0.4, 0.5) is 0 Å². The van der Waals surface area contributed by atoms with Crippen LogP contribution in [0.25, 0.3) is 0 Å². The van der Waals surface area contributed by atoms with Crippen LogP contribution < -0.4 is 5.32 Å². The van der Waals surface area contributed by atoms with E-state index in [1.807, 2.05) is 6.92 Å². The molecule has 0 saturated carbocycles. The molecule has 0 aliphatic heterocycles. The summed E-state index contributed by atoms with van der Waals surface area (Å²) in [6.45, 7) is 4.71. The van der Waals surface area contributed by atoms with Crippen LogP contribution in [-0.2, 0) is 17.9 Å². The molecule has 0 aliphatic rings. The molecule has 0 unspecified atom stereocenters. The fraction of sp³-hybridized carbons (Fsp3) is 0.750. The normalized spacial score (nSPS) is 12.7. The largest absolute Gasteiger partial charge is 0.480 e. The molecule has 0 fully saturated rings. The molecule has 1 rings (SSSR count). The maximum absolute atomic E-state index is 10.5. The Balaban J connectivity index is 2.49. The molecule has 0 amide bonds. The number of rotatable bonds is 6. The molecule has 7 nitrogen and oxygen atoms in total. The number of aryl methyl sites for hydroxylation is 1. The molecular weight excluding hydrogens is 198 g/mol. The number of carboxylic acid groups (broad SMARTS) is 1. The summed E-state index contributed by atoms with van der Waals surface area (Å²) in [5.74, 6) is -0.227. The Labute approximate surface area is 87.5 Å². The minimum Gasteiger partial charge on any atom is -0.480 e. The lowest BCUT2D eigenvalue weighted by molar-refractivity contribution is -0.139. The summed E-state index contributed by atoms with van der Waals surface area (Å²) in [6, 6.07) is -0.600. The first kappa shape index (κ1) is 11.6. The maximum Gasteiger partial charge on any atom is 0.320 e.